The normalized spacial score (nSPS) is 23.0. The molecule has 5 rings (SSSR count). The number of ether oxygens (including phenoxy) is 2. The van der Waals surface area contributed by atoms with Gasteiger partial charge in [0.15, 0.2) is 0 Å². The number of anilines is 2. The molecule has 10 heteroatoms. The molecule has 3 atom stereocenters. The Hall–Kier alpha value is -3.82. The minimum absolute atomic E-state index is 0.0424. The number of piperidine rings is 1. The van der Waals surface area contributed by atoms with Gasteiger partial charge in [-0.05, 0) is 42.5 Å². The fourth-order valence-corrected chi connectivity index (χ4v) is 5.42. The number of nitrogens with zero attached hydrogens (tertiary/aromatic N) is 3. The number of amides is 3. The molecule has 0 bridgehead atoms. The van der Waals surface area contributed by atoms with Gasteiger partial charge < -0.3 is 24.6 Å². The fourth-order valence-electron chi connectivity index (χ4n) is 5.42. The molecule has 0 unspecified atom stereocenters. The van der Waals surface area contributed by atoms with Crippen molar-refractivity contribution in [1.82, 2.24) is 10.2 Å². The maximum absolute atomic E-state index is 15.3. The number of likely N-dealkylation sites (tertiary alicyclic amines) is 1. The average Bonchev–Trinajstić information content (AvgIpc) is 3.49. The van der Waals surface area contributed by atoms with Crippen molar-refractivity contribution in [3.8, 4) is 0 Å². The Bertz CT molecular complexity index is 1160. The molecule has 9 nitrogen and oxygen atoms in total. The van der Waals surface area contributed by atoms with Crippen molar-refractivity contribution in [3.63, 3.8) is 0 Å². The summed E-state index contributed by atoms with van der Waals surface area (Å²) >= 11 is 0. The van der Waals surface area contributed by atoms with E-state index in [4.69, 9.17) is 9.47 Å². The second kappa shape index (κ2) is 10.7. The molecule has 3 fully saturated rings. The highest BCUT2D eigenvalue weighted by Gasteiger charge is 2.42. The zero-order chi connectivity index (χ0) is 25.9. The van der Waals surface area contributed by atoms with Gasteiger partial charge in [0.05, 0.1) is 30.5 Å². The van der Waals surface area contributed by atoms with Crippen molar-refractivity contribution in [2.75, 3.05) is 42.5 Å². The van der Waals surface area contributed by atoms with E-state index in [0.717, 1.165) is 18.4 Å². The van der Waals surface area contributed by atoms with Gasteiger partial charge in [-0.2, -0.15) is 0 Å². The molecule has 1 N–H and O–H groups in total. The van der Waals surface area contributed by atoms with Crippen LogP contribution in [0.3, 0.4) is 0 Å². The maximum atomic E-state index is 15.3. The first kappa shape index (κ1) is 24.9. The van der Waals surface area contributed by atoms with Crippen molar-refractivity contribution in [1.29, 1.82) is 0 Å². The zero-order valence-electron chi connectivity index (χ0n) is 20.8. The van der Waals surface area contributed by atoms with Crippen LogP contribution in [0, 0.1) is 11.7 Å². The summed E-state index contributed by atoms with van der Waals surface area (Å²) in [7, 11) is 0. The molecular weight excluding hydrogens is 479 g/mol. The Labute approximate surface area is 215 Å². The number of hydrogen-bond donors (Lipinski definition) is 1. The lowest BCUT2D eigenvalue weighted by molar-refractivity contribution is -0.119. The van der Waals surface area contributed by atoms with Crippen LogP contribution in [-0.2, 0) is 20.9 Å². The molecule has 0 saturated carbocycles. The second-order valence-electron chi connectivity index (χ2n) is 9.80. The van der Waals surface area contributed by atoms with E-state index in [9.17, 15) is 14.4 Å². The summed E-state index contributed by atoms with van der Waals surface area (Å²) in [6.45, 7) is 3.84. The summed E-state index contributed by atoms with van der Waals surface area (Å²) in [5.74, 6) is -0.410. The third kappa shape index (κ3) is 5.47. The van der Waals surface area contributed by atoms with Gasteiger partial charge >= 0.3 is 12.2 Å². The largest absolute Gasteiger partial charge is 0.445 e. The summed E-state index contributed by atoms with van der Waals surface area (Å²) in [4.78, 5) is 41.5. The molecule has 2 aromatic carbocycles. The number of carbonyl (C=O) groups excluding carboxylic acids is 3. The average molecular weight is 511 g/mol. The molecular formula is C27H31FN4O5. The Kier molecular flexibility index (Phi) is 7.16. The summed E-state index contributed by atoms with van der Waals surface area (Å²) < 4.78 is 26.2. The van der Waals surface area contributed by atoms with E-state index in [2.05, 4.69) is 5.32 Å². The maximum Gasteiger partial charge on any atom is 0.414 e. The van der Waals surface area contributed by atoms with E-state index in [-0.39, 0.29) is 43.7 Å². The van der Waals surface area contributed by atoms with Crippen molar-refractivity contribution < 1.29 is 28.2 Å². The molecule has 0 radical (unpaired) electrons. The van der Waals surface area contributed by atoms with E-state index in [0.29, 0.717) is 31.0 Å². The number of hydrogen-bond acceptors (Lipinski definition) is 6. The van der Waals surface area contributed by atoms with Gasteiger partial charge in [-0.25, -0.2) is 14.0 Å². The van der Waals surface area contributed by atoms with Crippen molar-refractivity contribution >= 4 is 29.5 Å². The molecule has 3 aliphatic heterocycles. The minimum Gasteiger partial charge on any atom is -0.445 e. The first-order chi connectivity index (χ1) is 17.9. The highest BCUT2D eigenvalue weighted by molar-refractivity contribution is 5.90. The summed E-state index contributed by atoms with van der Waals surface area (Å²) in [5, 5.41) is 2.63. The summed E-state index contributed by atoms with van der Waals surface area (Å²) in [6.07, 6.45) is 0.456. The predicted molar refractivity (Wildman–Crippen MR) is 135 cm³/mol. The lowest BCUT2D eigenvalue weighted by Crippen LogP contribution is -2.48. The standard InChI is InChI=1S/C27H31FN4O5/c1-18(33)29-13-22-15-32(27(35)37-22)21-9-10-24(23(28)12-21)30-14-20-8-5-11-31(25(20)16-30)26(34)36-17-19-6-3-2-4-7-19/h2-4,6-7,9-10,12,20,22,25H,5,8,11,13-17H2,1H3,(H,29,33)/t20-,22-,25+/m0/s1. The van der Waals surface area contributed by atoms with Crippen LogP contribution in [0.4, 0.5) is 25.4 Å². The predicted octanol–water partition coefficient (Wildman–Crippen LogP) is 3.52. The third-order valence-corrected chi connectivity index (χ3v) is 7.26. The highest BCUT2D eigenvalue weighted by atomic mass is 19.1. The van der Waals surface area contributed by atoms with Crippen LogP contribution in [0.25, 0.3) is 0 Å². The van der Waals surface area contributed by atoms with Gasteiger partial charge in [0.2, 0.25) is 5.91 Å². The molecule has 3 aliphatic rings. The minimum atomic E-state index is -0.570. The van der Waals surface area contributed by atoms with Gasteiger partial charge in [0.25, 0.3) is 0 Å². The molecule has 37 heavy (non-hydrogen) atoms. The highest BCUT2D eigenvalue weighted by Crippen LogP contribution is 2.36. The first-order valence-electron chi connectivity index (χ1n) is 12.6. The Balaban J connectivity index is 1.23. The number of fused-ring (bicyclic) bond motifs is 1. The van der Waals surface area contributed by atoms with Crippen molar-refractivity contribution in [2.24, 2.45) is 5.92 Å². The number of rotatable bonds is 6. The monoisotopic (exact) mass is 510 g/mol. The van der Waals surface area contributed by atoms with Crippen LogP contribution in [0.15, 0.2) is 48.5 Å². The molecule has 2 aromatic rings. The molecule has 3 amide bonds. The van der Waals surface area contributed by atoms with E-state index >= 15 is 4.39 Å². The SMILES string of the molecule is CC(=O)NC[C@H]1CN(c2ccc(N3C[C@@H]4CCCN(C(=O)OCc5ccccc5)[C@@H]4C3)c(F)c2)C(=O)O1. The van der Waals surface area contributed by atoms with E-state index in [1.807, 2.05) is 35.2 Å². The number of halogens is 1. The Morgan fingerprint density at radius 3 is 2.70 bits per heavy atom. The molecule has 3 heterocycles. The van der Waals surface area contributed by atoms with Gasteiger partial charge in [-0.3, -0.25) is 9.69 Å². The van der Waals surface area contributed by atoms with Crippen LogP contribution < -0.4 is 15.1 Å². The van der Waals surface area contributed by atoms with Crippen LogP contribution >= 0.6 is 0 Å². The van der Waals surface area contributed by atoms with Gasteiger partial charge in [-0.1, -0.05) is 30.3 Å². The molecule has 0 aliphatic carbocycles. The van der Waals surface area contributed by atoms with Crippen molar-refractivity contribution in [2.45, 2.75) is 38.5 Å². The number of carbonyl (C=O) groups is 3. The molecule has 0 spiro atoms. The topological polar surface area (TPSA) is 91.4 Å². The van der Waals surface area contributed by atoms with E-state index in [1.54, 1.807) is 17.0 Å². The first-order valence-corrected chi connectivity index (χ1v) is 12.6. The fraction of sp³-hybridized carbons (Fsp3) is 0.444. The quantitative estimate of drug-likeness (QED) is 0.640. The van der Waals surface area contributed by atoms with Gasteiger partial charge in [0, 0.05) is 26.6 Å². The van der Waals surface area contributed by atoms with Crippen LogP contribution in [0.2, 0.25) is 0 Å². The smallest absolute Gasteiger partial charge is 0.414 e. The molecule has 196 valence electrons. The van der Waals surface area contributed by atoms with E-state index in [1.165, 1.54) is 17.9 Å². The Morgan fingerprint density at radius 1 is 1.14 bits per heavy atom. The molecule has 0 aromatic heterocycles. The third-order valence-electron chi connectivity index (χ3n) is 7.26. The lowest BCUT2D eigenvalue weighted by Gasteiger charge is -2.35. The van der Waals surface area contributed by atoms with Gasteiger partial charge in [0.1, 0.15) is 18.5 Å². The zero-order valence-corrected chi connectivity index (χ0v) is 20.8. The molecule has 3 saturated heterocycles. The van der Waals surface area contributed by atoms with E-state index < -0.39 is 18.0 Å². The second-order valence-corrected chi connectivity index (χ2v) is 9.80. The number of benzene rings is 2. The van der Waals surface area contributed by atoms with Crippen LogP contribution in [-0.4, -0.2) is 67.9 Å². The number of cyclic esters (lactones) is 1. The van der Waals surface area contributed by atoms with Crippen LogP contribution in [0.5, 0.6) is 0 Å². The van der Waals surface area contributed by atoms with Crippen molar-refractivity contribution in [3.05, 3.63) is 59.9 Å². The van der Waals surface area contributed by atoms with Gasteiger partial charge in [-0.15, -0.1) is 0 Å². The summed E-state index contributed by atoms with van der Waals surface area (Å²) in [6, 6.07) is 14.2. The lowest BCUT2D eigenvalue weighted by atomic mass is 9.92. The summed E-state index contributed by atoms with van der Waals surface area (Å²) in [5.41, 5.74) is 1.78. The number of nitrogens with one attached hydrogen (secondary N) is 1. The van der Waals surface area contributed by atoms with Crippen LogP contribution in [0.1, 0.15) is 25.3 Å². The Morgan fingerprint density at radius 2 is 1.95 bits per heavy atom.